The van der Waals surface area contributed by atoms with Crippen molar-refractivity contribution in [2.45, 2.75) is 25.8 Å². The quantitative estimate of drug-likeness (QED) is 0.817. The van der Waals surface area contributed by atoms with Crippen molar-refractivity contribution in [2.75, 3.05) is 22.6 Å². The first-order valence-corrected chi connectivity index (χ1v) is 6.76. The summed E-state index contributed by atoms with van der Waals surface area (Å²) in [6.07, 6.45) is 2.50. The van der Waals surface area contributed by atoms with Gasteiger partial charge in [0, 0.05) is 11.6 Å². The number of aromatic nitrogens is 1. The molecule has 3 nitrogen and oxygen atoms in total. The Morgan fingerprint density at radius 2 is 2.14 bits per heavy atom. The number of nitrogens with two attached hydrogens (primary N) is 1. The molecule has 0 aliphatic carbocycles. The van der Waals surface area contributed by atoms with Crippen LogP contribution in [0.5, 0.6) is 0 Å². The second kappa shape index (κ2) is 4.40. The summed E-state index contributed by atoms with van der Waals surface area (Å²) in [5, 5.41) is 4.68. The van der Waals surface area contributed by atoms with Crippen LogP contribution >= 0.6 is 23.3 Å². The van der Waals surface area contributed by atoms with Crippen LogP contribution in [-0.2, 0) is 0 Å². The Morgan fingerprint density at radius 1 is 1.43 bits per heavy atom. The highest BCUT2D eigenvalue weighted by molar-refractivity contribution is 7.99. The zero-order valence-corrected chi connectivity index (χ0v) is 9.88. The van der Waals surface area contributed by atoms with E-state index in [1.165, 1.54) is 35.9 Å². The van der Waals surface area contributed by atoms with Crippen molar-refractivity contribution >= 4 is 34.1 Å². The highest BCUT2D eigenvalue weighted by Gasteiger charge is 2.15. The van der Waals surface area contributed by atoms with Crippen LogP contribution in [-0.4, -0.2) is 21.9 Å². The largest absolute Gasteiger partial charge is 0.383 e. The molecule has 0 saturated carbocycles. The summed E-state index contributed by atoms with van der Waals surface area (Å²) in [6, 6.07) is 0.620. The molecule has 1 aliphatic rings. The lowest BCUT2D eigenvalue weighted by atomic mass is 10.1. The van der Waals surface area contributed by atoms with Crippen molar-refractivity contribution in [1.29, 1.82) is 0 Å². The molecule has 1 aliphatic heterocycles. The van der Waals surface area contributed by atoms with E-state index in [-0.39, 0.29) is 0 Å². The fraction of sp³-hybridized carbons (Fsp3) is 0.667. The van der Waals surface area contributed by atoms with E-state index in [2.05, 4.69) is 9.69 Å². The standard InChI is InChI=1S/C9H15N3S2/c1-6-8(10)12-14-9(6)11-7-2-4-13-5-3-7/h7,11H,2-5H2,1H3,(H2,10,12). The molecule has 3 N–H and O–H groups in total. The lowest BCUT2D eigenvalue weighted by Gasteiger charge is -2.22. The number of rotatable bonds is 2. The summed E-state index contributed by atoms with van der Waals surface area (Å²) < 4.78 is 4.13. The Morgan fingerprint density at radius 3 is 2.71 bits per heavy atom. The molecular weight excluding hydrogens is 214 g/mol. The summed E-state index contributed by atoms with van der Waals surface area (Å²) in [6.45, 7) is 2.03. The van der Waals surface area contributed by atoms with Crippen molar-refractivity contribution in [3.05, 3.63) is 5.56 Å². The first kappa shape index (κ1) is 10.1. The van der Waals surface area contributed by atoms with Crippen LogP contribution in [0.3, 0.4) is 0 Å². The smallest absolute Gasteiger partial charge is 0.142 e. The van der Waals surface area contributed by atoms with Gasteiger partial charge in [0.05, 0.1) is 0 Å². The van der Waals surface area contributed by atoms with E-state index in [1.54, 1.807) is 0 Å². The molecule has 1 saturated heterocycles. The number of anilines is 2. The molecule has 0 unspecified atom stereocenters. The third kappa shape index (κ3) is 2.15. The van der Waals surface area contributed by atoms with Crippen molar-refractivity contribution < 1.29 is 0 Å². The van der Waals surface area contributed by atoms with Crippen LogP contribution in [0.15, 0.2) is 0 Å². The van der Waals surface area contributed by atoms with Crippen molar-refractivity contribution in [3.63, 3.8) is 0 Å². The maximum absolute atomic E-state index is 5.70. The van der Waals surface area contributed by atoms with Gasteiger partial charge >= 0.3 is 0 Å². The van der Waals surface area contributed by atoms with E-state index < -0.39 is 0 Å². The third-order valence-corrected chi connectivity index (χ3v) is 4.46. The highest BCUT2D eigenvalue weighted by Crippen LogP contribution is 2.28. The molecule has 1 aromatic rings. The van der Waals surface area contributed by atoms with Gasteiger partial charge in [0.15, 0.2) is 0 Å². The summed E-state index contributed by atoms with van der Waals surface area (Å²) in [7, 11) is 0. The van der Waals surface area contributed by atoms with Gasteiger partial charge in [-0.3, -0.25) is 0 Å². The van der Waals surface area contributed by atoms with Gasteiger partial charge < -0.3 is 11.1 Å². The molecule has 0 spiro atoms. The lowest BCUT2D eigenvalue weighted by Crippen LogP contribution is -2.24. The Balaban J connectivity index is 1.99. The Labute approximate surface area is 92.6 Å². The van der Waals surface area contributed by atoms with E-state index in [4.69, 9.17) is 5.73 Å². The predicted molar refractivity (Wildman–Crippen MR) is 65.2 cm³/mol. The molecular formula is C9H15N3S2. The maximum Gasteiger partial charge on any atom is 0.142 e. The second-order valence-corrected chi connectivity index (χ2v) is 5.55. The molecule has 0 aromatic carbocycles. The van der Waals surface area contributed by atoms with Gasteiger partial charge in [0.25, 0.3) is 0 Å². The molecule has 1 aromatic heterocycles. The van der Waals surface area contributed by atoms with Gasteiger partial charge in [-0.1, -0.05) is 0 Å². The average molecular weight is 229 g/mol. The number of nitrogens with one attached hydrogen (secondary N) is 1. The first-order chi connectivity index (χ1) is 6.77. The van der Waals surface area contributed by atoms with Gasteiger partial charge in [0.2, 0.25) is 0 Å². The SMILES string of the molecule is Cc1c(N)nsc1NC1CCSCC1. The summed E-state index contributed by atoms with van der Waals surface area (Å²) >= 11 is 3.52. The van der Waals surface area contributed by atoms with Crippen LogP contribution < -0.4 is 11.1 Å². The minimum Gasteiger partial charge on any atom is -0.383 e. The number of hydrogen-bond acceptors (Lipinski definition) is 5. The normalized spacial score (nSPS) is 18.4. The zero-order valence-electron chi connectivity index (χ0n) is 8.25. The van der Waals surface area contributed by atoms with Gasteiger partial charge in [-0.2, -0.15) is 16.1 Å². The number of hydrogen-bond donors (Lipinski definition) is 2. The molecule has 0 radical (unpaired) electrons. The fourth-order valence-electron chi connectivity index (χ4n) is 1.51. The van der Waals surface area contributed by atoms with Gasteiger partial charge in [-0.05, 0) is 42.8 Å². The van der Waals surface area contributed by atoms with Gasteiger partial charge in [-0.15, -0.1) is 0 Å². The molecule has 2 heterocycles. The molecule has 0 bridgehead atoms. The molecule has 78 valence electrons. The summed E-state index contributed by atoms with van der Waals surface area (Å²) in [5.74, 6) is 3.21. The second-order valence-electron chi connectivity index (χ2n) is 3.55. The monoisotopic (exact) mass is 229 g/mol. The third-order valence-electron chi connectivity index (χ3n) is 2.52. The Bertz CT molecular complexity index is 305. The highest BCUT2D eigenvalue weighted by atomic mass is 32.2. The zero-order chi connectivity index (χ0) is 9.97. The first-order valence-electron chi connectivity index (χ1n) is 4.83. The molecule has 0 atom stereocenters. The van der Waals surface area contributed by atoms with E-state index in [9.17, 15) is 0 Å². The Hall–Kier alpha value is -0.420. The van der Waals surface area contributed by atoms with Crippen LogP contribution in [0.4, 0.5) is 10.8 Å². The van der Waals surface area contributed by atoms with Gasteiger partial charge in [0.1, 0.15) is 10.8 Å². The fourth-order valence-corrected chi connectivity index (χ4v) is 3.40. The van der Waals surface area contributed by atoms with Crippen molar-refractivity contribution in [2.24, 2.45) is 0 Å². The Kier molecular flexibility index (Phi) is 3.18. The van der Waals surface area contributed by atoms with E-state index in [0.717, 1.165) is 10.6 Å². The summed E-state index contributed by atoms with van der Waals surface area (Å²) in [5.41, 5.74) is 6.81. The van der Waals surface area contributed by atoms with Crippen LogP contribution in [0.25, 0.3) is 0 Å². The van der Waals surface area contributed by atoms with E-state index in [1.807, 2.05) is 18.7 Å². The number of thioether (sulfide) groups is 1. The topological polar surface area (TPSA) is 50.9 Å². The minimum atomic E-state index is 0.620. The van der Waals surface area contributed by atoms with Crippen molar-refractivity contribution in [3.8, 4) is 0 Å². The van der Waals surface area contributed by atoms with Crippen LogP contribution in [0.2, 0.25) is 0 Å². The molecule has 1 fully saturated rings. The average Bonchev–Trinajstić information content (AvgIpc) is 2.52. The summed E-state index contributed by atoms with van der Waals surface area (Å²) in [4.78, 5) is 0. The maximum atomic E-state index is 5.70. The van der Waals surface area contributed by atoms with Crippen LogP contribution in [0, 0.1) is 6.92 Å². The van der Waals surface area contributed by atoms with Crippen LogP contribution in [0.1, 0.15) is 18.4 Å². The molecule has 0 amide bonds. The minimum absolute atomic E-state index is 0.620. The number of nitrogens with zero attached hydrogens (tertiary/aromatic N) is 1. The van der Waals surface area contributed by atoms with Crippen molar-refractivity contribution in [1.82, 2.24) is 4.37 Å². The number of nitrogen functional groups attached to an aromatic ring is 1. The van der Waals surface area contributed by atoms with Gasteiger partial charge in [-0.25, -0.2) is 0 Å². The molecule has 2 rings (SSSR count). The van der Waals surface area contributed by atoms with E-state index >= 15 is 0 Å². The lowest BCUT2D eigenvalue weighted by molar-refractivity contribution is 0.668. The molecule has 14 heavy (non-hydrogen) atoms. The predicted octanol–water partition coefficient (Wildman–Crippen LogP) is 2.34. The molecule has 5 heteroatoms. The van der Waals surface area contributed by atoms with E-state index in [0.29, 0.717) is 11.9 Å².